The largest absolute Gasteiger partial charge is 0.416 e. The first-order valence-corrected chi connectivity index (χ1v) is 12.3. The summed E-state index contributed by atoms with van der Waals surface area (Å²) in [7, 11) is 0. The van der Waals surface area contributed by atoms with Gasteiger partial charge in [-0.2, -0.15) is 28.1 Å². The van der Waals surface area contributed by atoms with Crippen molar-refractivity contribution in [2.45, 2.75) is 45.5 Å². The highest BCUT2D eigenvalue weighted by Crippen LogP contribution is 2.30. The fraction of sp³-hybridized carbons (Fsp3) is 0.625. The van der Waals surface area contributed by atoms with Crippen molar-refractivity contribution in [1.82, 2.24) is 19.9 Å². The van der Waals surface area contributed by atoms with Gasteiger partial charge in [-0.05, 0) is 44.4 Å². The number of halogens is 3. The van der Waals surface area contributed by atoms with Crippen LogP contribution in [0.3, 0.4) is 0 Å². The van der Waals surface area contributed by atoms with Crippen molar-refractivity contribution >= 4 is 17.8 Å². The van der Waals surface area contributed by atoms with E-state index in [0.717, 1.165) is 77.5 Å². The summed E-state index contributed by atoms with van der Waals surface area (Å²) < 4.78 is 44.7. The van der Waals surface area contributed by atoms with Gasteiger partial charge in [0, 0.05) is 51.9 Å². The highest BCUT2D eigenvalue weighted by Gasteiger charge is 2.30. The molecule has 0 aliphatic carbocycles. The van der Waals surface area contributed by atoms with Crippen molar-refractivity contribution < 1.29 is 17.9 Å². The molecule has 0 saturated carbocycles. The van der Waals surface area contributed by atoms with E-state index in [0.29, 0.717) is 29.5 Å². The first-order valence-electron chi connectivity index (χ1n) is 12.3. The van der Waals surface area contributed by atoms with E-state index in [1.54, 1.807) is 6.07 Å². The van der Waals surface area contributed by atoms with E-state index in [9.17, 15) is 13.2 Å². The summed E-state index contributed by atoms with van der Waals surface area (Å²) in [4.78, 5) is 20.7. The van der Waals surface area contributed by atoms with Gasteiger partial charge in [-0.15, -0.1) is 0 Å². The Bertz CT molecular complexity index is 956. The van der Waals surface area contributed by atoms with Crippen LogP contribution >= 0.6 is 0 Å². The molecule has 2 aromatic rings. The van der Waals surface area contributed by atoms with Crippen LogP contribution in [0.2, 0.25) is 0 Å². The Labute approximate surface area is 204 Å². The second-order valence-electron chi connectivity index (χ2n) is 8.85. The molecule has 0 unspecified atom stereocenters. The number of hydrogen-bond acceptors (Lipinski definition) is 8. The van der Waals surface area contributed by atoms with E-state index in [-0.39, 0.29) is 6.54 Å². The van der Waals surface area contributed by atoms with Crippen molar-refractivity contribution in [3.05, 3.63) is 35.4 Å². The molecular formula is C24H34F3N7O. The topological polar surface area (TPSA) is 69.7 Å². The molecule has 3 heterocycles. The van der Waals surface area contributed by atoms with Gasteiger partial charge in [0.2, 0.25) is 17.8 Å². The van der Waals surface area contributed by atoms with E-state index >= 15 is 0 Å². The number of nitrogens with one attached hydrogen (secondary N) is 1. The van der Waals surface area contributed by atoms with E-state index in [1.807, 2.05) is 18.7 Å². The van der Waals surface area contributed by atoms with Crippen LogP contribution in [-0.2, 0) is 17.5 Å². The highest BCUT2D eigenvalue weighted by atomic mass is 19.4. The van der Waals surface area contributed by atoms with E-state index in [1.165, 1.54) is 6.07 Å². The molecule has 0 radical (unpaired) electrons. The lowest BCUT2D eigenvalue weighted by atomic mass is 10.0. The molecule has 11 heteroatoms. The molecule has 35 heavy (non-hydrogen) atoms. The third-order valence-corrected chi connectivity index (χ3v) is 6.67. The molecular weight excluding hydrogens is 459 g/mol. The van der Waals surface area contributed by atoms with Crippen molar-refractivity contribution in [2.75, 3.05) is 67.6 Å². The van der Waals surface area contributed by atoms with Gasteiger partial charge in [0.1, 0.15) is 0 Å². The summed E-state index contributed by atoms with van der Waals surface area (Å²) in [5, 5.41) is 3.12. The molecule has 4 rings (SSSR count). The van der Waals surface area contributed by atoms with Gasteiger partial charge >= 0.3 is 6.18 Å². The number of anilines is 3. The van der Waals surface area contributed by atoms with Crippen LogP contribution in [0.5, 0.6) is 0 Å². The normalized spacial score (nSPS) is 18.0. The van der Waals surface area contributed by atoms with Crippen LogP contribution in [0.25, 0.3) is 0 Å². The van der Waals surface area contributed by atoms with Crippen LogP contribution < -0.4 is 15.1 Å². The van der Waals surface area contributed by atoms with Gasteiger partial charge in [-0.25, -0.2) is 0 Å². The average Bonchev–Trinajstić information content (AvgIpc) is 2.88. The zero-order chi connectivity index (χ0) is 24.8. The Morgan fingerprint density at radius 2 is 1.74 bits per heavy atom. The Balaban J connectivity index is 1.48. The van der Waals surface area contributed by atoms with Crippen molar-refractivity contribution in [2.24, 2.45) is 0 Å². The van der Waals surface area contributed by atoms with Crippen molar-refractivity contribution in [1.29, 1.82) is 0 Å². The van der Waals surface area contributed by atoms with E-state index in [2.05, 4.69) is 25.1 Å². The Morgan fingerprint density at radius 1 is 1.03 bits per heavy atom. The quantitative estimate of drug-likeness (QED) is 0.598. The molecule has 1 aromatic carbocycles. The second-order valence-corrected chi connectivity index (χ2v) is 8.85. The van der Waals surface area contributed by atoms with Gasteiger partial charge in [-0.3, -0.25) is 4.90 Å². The number of aromatic nitrogens is 3. The molecule has 1 N–H and O–H groups in total. The zero-order valence-electron chi connectivity index (χ0n) is 20.4. The number of benzene rings is 1. The number of hydrogen-bond donors (Lipinski definition) is 1. The summed E-state index contributed by atoms with van der Waals surface area (Å²) >= 11 is 0. The van der Waals surface area contributed by atoms with Gasteiger partial charge in [0.25, 0.3) is 0 Å². The van der Waals surface area contributed by atoms with E-state index in [4.69, 9.17) is 9.72 Å². The standard InChI is InChI=1S/C24H34F3N7O/c1-3-32(4-2)22-29-21(28-17-18-6-5-7-19(16-18)24(25,26)27)30-23(31-22)34-10-8-20(9-11-34)33-12-14-35-15-13-33/h5-7,16,20H,3-4,8-15,17H2,1-2H3,(H,28,29,30,31). The Morgan fingerprint density at radius 3 is 2.40 bits per heavy atom. The molecule has 2 aliphatic heterocycles. The van der Waals surface area contributed by atoms with Crippen LogP contribution in [-0.4, -0.2) is 78.4 Å². The molecule has 0 spiro atoms. The molecule has 192 valence electrons. The van der Waals surface area contributed by atoms with E-state index < -0.39 is 11.7 Å². The van der Waals surface area contributed by atoms with Gasteiger partial charge in [-0.1, -0.05) is 12.1 Å². The monoisotopic (exact) mass is 493 g/mol. The number of nitrogens with zero attached hydrogens (tertiary/aromatic N) is 6. The fourth-order valence-electron chi connectivity index (χ4n) is 4.63. The fourth-order valence-corrected chi connectivity index (χ4v) is 4.63. The van der Waals surface area contributed by atoms with Crippen molar-refractivity contribution in [3.8, 4) is 0 Å². The third kappa shape index (κ3) is 6.52. The Hall–Kier alpha value is -2.66. The number of alkyl halides is 3. The van der Waals surface area contributed by atoms with Gasteiger partial charge < -0.3 is 19.9 Å². The van der Waals surface area contributed by atoms with Crippen LogP contribution in [0, 0.1) is 0 Å². The third-order valence-electron chi connectivity index (χ3n) is 6.67. The van der Waals surface area contributed by atoms with Crippen LogP contribution in [0.15, 0.2) is 24.3 Å². The first kappa shape index (κ1) is 25.4. The van der Waals surface area contributed by atoms with Crippen molar-refractivity contribution in [3.63, 3.8) is 0 Å². The number of rotatable bonds is 8. The molecule has 2 aliphatic rings. The maximum atomic E-state index is 13.1. The lowest BCUT2D eigenvalue weighted by Gasteiger charge is -2.40. The predicted octanol–water partition coefficient (Wildman–Crippen LogP) is 3.65. The zero-order valence-corrected chi connectivity index (χ0v) is 20.4. The molecule has 2 fully saturated rings. The SMILES string of the molecule is CCN(CC)c1nc(NCc2cccc(C(F)(F)F)c2)nc(N2CCC(N3CCOCC3)CC2)n1. The highest BCUT2D eigenvalue weighted by molar-refractivity contribution is 5.46. The molecule has 0 bridgehead atoms. The molecule has 2 saturated heterocycles. The number of ether oxygens (including phenoxy) is 1. The minimum atomic E-state index is -4.38. The number of piperidine rings is 1. The summed E-state index contributed by atoms with van der Waals surface area (Å²) in [6.07, 6.45) is -2.32. The maximum absolute atomic E-state index is 13.1. The lowest BCUT2D eigenvalue weighted by Crippen LogP contribution is -2.49. The maximum Gasteiger partial charge on any atom is 0.416 e. The summed E-state index contributed by atoms with van der Waals surface area (Å²) in [6.45, 7) is 11.0. The predicted molar refractivity (Wildman–Crippen MR) is 130 cm³/mol. The molecule has 1 aromatic heterocycles. The Kier molecular flexibility index (Phi) is 8.27. The first-order chi connectivity index (χ1) is 16.9. The van der Waals surface area contributed by atoms with Crippen LogP contribution in [0.1, 0.15) is 37.8 Å². The minimum absolute atomic E-state index is 0.185. The summed E-state index contributed by atoms with van der Waals surface area (Å²) in [6, 6.07) is 5.84. The number of morpholine rings is 1. The minimum Gasteiger partial charge on any atom is -0.379 e. The van der Waals surface area contributed by atoms with Crippen LogP contribution in [0.4, 0.5) is 31.0 Å². The van der Waals surface area contributed by atoms with Gasteiger partial charge in [0.05, 0.1) is 18.8 Å². The lowest BCUT2D eigenvalue weighted by molar-refractivity contribution is -0.137. The smallest absolute Gasteiger partial charge is 0.379 e. The molecule has 8 nitrogen and oxygen atoms in total. The molecule has 0 atom stereocenters. The summed E-state index contributed by atoms with van der Waals surface area (Å²) in [5.74, 6) is 1.54. The van der Waals surface area contributed by atoms with Gasteiger partial charge in [0.15, 0.2) is 0 Å². The second kappa shape index (κ2) is 11.4. The average molecular weight is 494 g/mol. The molecule has 0 amide bonds. The summed E-state index contributed by atoms with van der Waals surface area (Å²) in [5.41, 5.74) is -0.155.